The van der Waals surface area contributed by atoms with E-state index in [2.05, 4.69) is 22.5 Å². The van der Waals surface area contributed by atoms with Gasteiger partial charge in [0.15, 0.2) is 0 Å². The lowest BCUT2D eigenvalue weighted by Gasteiger charge is -1.97. The van der Waals surface area contributed by atoms with Gasteiger partial charge in [-0.05, 0) is 19.1 Å². The molecule has 2 rings (SSSR count). The number of hydrogen-bond acceptors (Lipinski definition) is 2. The van der Waals surface area contributed by atoms with Crippen LogP contribution in [0.1, 0.15) is 11.3 Å². The van der Waals surface area contributed by atoms with E-state index >= 15 is 0 Å². The molecule has 0 spiro atoms. The van der Waals surface area contributed by atoms with Gasteiger partial charge in [-0.1, -0.05) is 0 Å². The molecule has 68 valence electrons. The first-order valence-corrected chi connectivity index (χ1v) is 4.34. The van der Waals surface area contributed by atoms with Crippen LogP contribution >= 0.6 is 0 Å². The van der Waals surface area contributed by atoms with Crippen LogP contribution in [-0.4, -0.2) is 9.55 Å². The van der Waals surface area contributed by atoms with Crippen molar-refractivity contribution >= 4 is 11.0 Å². The smallest absolute Gasteiger partial charge is 0.0928 e. The minimum atomic E-state index is 0.556. The Morgan fingerprint density at radius 3 is 3.00 bits per heavy atom. The Morgan fingerprint density at radius 2 is 2.31 bits per heavy atom. The van der Waals surface area contributed by atoms with Crippen molar-refractivity contribution in [2.45, 2.75) is 13.5 Å². The van der Waals surface area contributed by atoms with Crippen LogP contribution in [0.4, 0.5) is 0 Å². The summed E-state index contributed by atoms with van der Waals surface area (Å²) in [7, 11) is 2.04. The summed E-state index contributed by atoms with van der Waals surface area (Å²) in [5.41, 5.74) is 10.2. The molecule has 0 atom stereocenters. The maximum Gasteiger partial charge on any atom is 0.0928 e. The zero-order valence-electron chi connectivity index (χ0n) is 7.91. The van der Waals surface area contributed by atoms with Crippen molar-refractivity contribution in [2.24, 2.45) is 12.8 Å². The summed E-state index contributed by atoms with van der Waals surface area (Å²) in [5, 5.41) is 0. The van der Waals surface area contributed by atoms with Gasteiger partial charge in [0.05, 0.1) is 11.0 Å². The highest BCUT2D eigenvalue weighted by Gasteiger charge is 2.09. The van der Waals surface area contributed by atoms with Gasteiger partial charge in [-0.2, -0.15) is 0 Å². The topological polar surface area (TPSA) is 43.8 Å². The van der Waals surface area contributed by atoms with E-state index in [1.54, 1.807) is 6.20 Å². The van der Waals surface area contributed by atoms with Gasteiger partial charge in [0.25, 0.3) is 0 Å². The number of nitrogens with two attached hydrogens (primary N) is 1. The molecular weight excluding hydrogens is 162 g/mol. The van der Waals surface area contributed by atoms with Gasteiger partial charge in [-0.15, -0.1) is 0 Å². The lowest BCUT2D eigenvalue weighted by molar-refractivity contribution is 0.894. The summed E-state index contributed by atoms with van der Waals surface area (Å²) < 4.78 is 2.13. The highest BCUT2D eigenvalue weighted by Crippen LogP contribution is 2.21. The fourth-order valence-electron chi connectivity index (χ4n) is 1.70. The largest absolute Gasteiger partial charge is 0.346 e. The molecule has 0 bridgehead atoms. The first kappa shape index (κ1) is 8.26. The van der Waals surface area contributed by atoms with Crippen LogP contribution in [0.5, 0.6) is 0 Å². The molecule has 3 heteroatoms. The average Bonchev–Trinajstić information content (AvgIpc) is 2.41. The molecule has 2 aromatic rings. The van der Waals surface area contributed by atoms with Crippen molar-refractivity contribution in [2.75, 3.05) is 0 Å². The predicted molar refractivity (Wildman–Crippen MR) is 53.3 cm³/mol. The van der Waals surface area contributed by atoms with Gasteiger partial charge in [0.2, 0.25) is 0 Å². The van der Waals surface area contributed by atoms with Gasteiger partial charge in [-0.3, -0.25) is 4.98 Å². The quantitative estimate of drug-likeness (QED) is 0.710. The van der Waals surface area contributed by atoms with E-state index in [-0.39, 0.29) is 0 Å². The van der Waals surface area contributed by atoms with Crippen LogP contribution in [0.2, 0.25) is 0 Å². The van der Waals surface area contributed by atoms with Crippen molar-refractivity contribution in [3.05, 3.63) is 29.6 Å². The molecule has 0 aliphatic heterocycles. The molecule has 0 saturated heterocycles. The minimum absolute atomic E-state index is 0.556. The molecule has 0 amide bonds. The average molecular weight is 175 g/mol. The summed E-state index contributed by atoms with van der Waals surface area (Å²) in [5.74, 6) is 0. The van der Waals surface area contributed by atoms with E-state index in [1.165, 1.54) is 5.69 Å². The molecular formula is C10H13N3. The van der Waals surface area contributed by atoms with E-state index in [1.807, 2.05) is 13.1 Å². The Morgan fingerprint density at radius 1 is 1.54 bits per heavy atom. The Bertz CT molecular complexity index is 443. The minimum Gasteiger partial charge on any atom is -0.346 e. The van der Waals surface area contributed by atoms with Gasteiger partial charge in [0, 0.05) is 31.0 Å². The number of fused-ring (bicyclic) bond motifs is 1. The Balaban J connectivity index is 2.90. The molecule has 13 heavy (non-hydrogen) atoms. The number of rotatable bonds is 1. The van der Waals surface area contributed by atoms with Crippen molar-refractivity contribution in [3.63, 3.8) is 0 Å². The van der Waals surface area contributed by atoms with Crippen LogP contribution in [0.3, 0.4) is 0 Å². The second kappa shape index (κ2) is 2.85. The fraction of sp³-hybridized carbons (Fsp3) is 0.300. The molecule has 2 heterocycles. The first-order chi connectivity index (χ1) is 6.25. The Labute approximate surface area is 77.2 Å². The molecule has 0 fully saturated rings. The maximum atomic E-state index is 5.68. The second-order valence-corrected chi connectivity index (χ2v) is 3.20. The first-order valence-electron chi connectivity index (χ1n) is 4.34. The molecule has 0 aromatic carbocycles. The standard InChI is InChI=1S/C10H13N3/c1-7-8(6-11)10-9(13(7)2)4-3-5-12-10/h3-5H,6,11H2,1-2H3. The van der Waals surface area contributed by atoms with E-state index in [4.69, 9.17) is 5.73 Å². The third-order valence-electron chi connectivity index (χ3n) is 2.58. The van der Waals surface area contributed by atoms with Crippen molar-refractivity contribution in [1.29, 1.82) is 0 Å². The summed E-state index contributed by atoms with van der Waals surface area (Å²) in [6.45, 7) is 2.63. The molecule has 0 aliphatic rings. The number of hydrogen-bond donors (Lipinski definition) is 1. The van der Waals surface area contributed by atoms with Gasteiger partial charge < -0.3 is 10.3 Å². The highest BCUT2D eigenvalue weighted by molar-refractivity contribution is 5.81. The van der Waals surface area contributed by atoms with E-state index < -0.39 is 0 Å². The van der Waals surface area contributed by atoms with Gasteiger partial charge in [-0.25, -0.2) is 0 Å². The van der Waals surface area contributed by atoms with Crippen LogP contribution in [0, 0.1) is 6.92 Å². The zero-order chi connectivity index (χ0) is 9.42. The van der Waals surface area contributed by atoms with Crippen LogP contribution in [-0.2, 0) is 13.6 Å². The van der Waals surface area contributed by atoms with Gasteiger partial charge in [0.1, 0.15) is 0 Å². The number of aryl methyl sites for hydroxylation is 1. The third kappa shape index (κ3) is 1.04. The Kier molecular flexibility index (Phi) is 1.81. The van der Waals surface area contributed by atoms with Crippen molar-refractivity contribution < 1.29 is 0 Å². The number of pyridine rings is 1. The highest BCUT2D eigenvalue weighted by atomic mass is 15.0. The second-order valence-electron chi connectivity index (χ2n) is 3.20. The molecule has 2 N–H and O–H groups in total. The molecule has 0 unspecified atom stereocenters. The SMILES string of the molecule is Cc1c(CN)c2ncccc2n1C. The fourth-order valence-corrected chi connectivity index (χ4v) is 1.70. The third-order valence-corrected chi connectivity index (χ3v) is 2.58. The summed E-state index contributed by atoms with van der Waals surface area (Å²) in [4.78, 5) is 4.33. The summed E-state index contributed by atoms with van der Waals surface area (Å²) in [6.07, 6.45) is 1.81. The summed E-state index contributed by atoms with van der Waals surface area (Å²) in [6, 6.07) is 4.01. The van der Waals surface area contributed by atoms with Gasteiger partial charge >= 0.3 is 0 Å². The number of nitrogens with zero attached hydrogens (tertiary/aromatic N) is 2. The molecule has 2 aromatic heterocycles. The van der Waals surface area contributed by atoms with Crippen molar-refractivity contribution in [3.8, 4) is 0 Å². The zero-order valence-corrected chi connectivity index (χ0v) is 7.91. The molecule has 0 aliphatic carbocycles. The molecule has 3 nitrogen and oxygen atoms in total. The lowest BCUT2D eigenvalue weighted by Crippen LogP contribution is -1.99. The molecule has 0 radical (unpaired) electrons. The predicted octanol–water partition coefficient (Wildman–Crippen LogP) is 1.34. The monoisotopic (exact) mass is 175 g/mol. The van der Waals surface area contributed by atoms with E-state index in [0.29, 0.717) is 6.54 Å². The Hall–Kier alpha value is -1.35. The normalized spacial score (nSPS) is 11.0. The lowest BCUT2D eigenvalue weighted by atomic mass is 10.2. The summed E-state index contributed by atoms with van der Waals surface area (Å²) >= 11 is 0. The van der Waals surface area contributed by atoms with E-state index in [0.717, 1.165) is 16.6 Å². The number of aromatic nitrogens is 2. The van der Waals surface area contributed by atoms with Crippen LogP contribution in [0.15, 0.2) is 18.3 Å². The molecule has 0 saturated carbocycles. The maximum absolute atomic E-state index is 5.68. The van der Waals surface area contributed by atoms with Crippen LogP contribution in [0.25, 0.3) is 11.0 Å². The van der Waals surface area contributed by atoms with Crippen molar-refractivity contribution in [1.82, 2.24) is 9.55 Å². The van der Waals surface area contributed by atoms with E-state index in [9.17, 15) is 0 Å². The van der Waals surface area contributed by atoms with Crippen LogP contribution < -0.4 is 5.73 Å².